The zero-order valence-corrected chi connectivity index (χ0v) is 42.0. The van der Waals surface area contributed by atoms with E-state index in [-0.39, 0.29) is 26.4 Å². The summed E-state index contributed by atoms with van der Waals surface area (Å²) >= 11 is 0. The molecular formula is C52H100N4O8. The zero-order chi connectivity index (χ0) is 46.6. The third-order valence-corrected chi connectivity index (χ3v) is 12.6. The number of amides is 2. The van der Waals surface area contributed by atoms with Gasteiger partial charge in [-0.15, -0.1) is 0 Å². The van der Waals surface area contributed by atoms with Crippen molar-refractivity contribution < 1.29 is 38.1 Å². The van der Waals surface area contributed by atoms with Crippen LogP contribution >= 0.6 is 0 Å². The Morgan fingerprint density at radius 2 is 0.594 bits per heavy atom. The molecule has 1 aliphatic heterocycles. The summed E-state index contributed by atoms with van der Waals surface area (Å²) in [6.45, 7) is 13.9. The van der Waals surface area contributed by atoms with Crippen molar-refractivity contribution in [1.82, 2.24) is 20.4 Å². The molecule has 0 aromatic heterocycles. The maximum Gasteiger partial charge on any atom is 0.508 e. The summed E-state index contributed by atoms with van der Waals surface area (Å²) in [6.07, 6.45) is 38.9. The molecule has 0 aliphatic carbocycles. The van der Waals surface area contributed by atoms with Crippen molar-refractivity contribution in [1.29, 1.82) is 0 Å². The van der Waals surface area contributed by atoms with Gasteiger partial charge in [0.05, 0.1) is 0 Å². The van der Waals surface area contributed by atoms with Gasteiger partial charge < -0.3 is 29.6 Å². The van der Waals surface area contributed by atoms with Crippen molar-refractivity contribution >= 4 is 24.1 Å². The molecule has 64 heavy (non-hydrogen) atoms. The van der Waals surface area contributed by atoms with Crippen molar-refractivity contribution in [2.75, 3.05) is 65.7 Å². The van der Waals surface area contributed by atoms with Crippen LogP contribution in [-0.4, -0.2) is 112 Å². The highest BCUT2D eigenvalue weighted by Crippen LogP contribution is 2.14. The SMILES string of the molecule is CCCCCCCCCCN(CCCCCCCCCC)CCOC(=O)OC[C@@H]1NC(=O)[C@H](COC(=O)OCCN(CCCCCCCCCC)CCCCCCCCCC)NC1=O. The number of carbonyl (C=O) groups excluding carboxylic acids is 4. The van der Waals surface area contributed by atoms with E-state index in [9.17, 15) is 19.2 Å². The molecule has 2 atom stereocenters. The topological polar surface area (TPSA) is 136 Å². The van der Waals surface area contributed by atoms with Gasteiger partial charge in [-0.2, -0.15) is 0 Å². The molecule has 12 heteroatoms. The monoisotopic (exact) mass is 909 g/mol. The molecule has 12 nitrogen and oxygen atoms in total. The number of ether oxygens (including phenoxy) is 4. The molecule has 2 N–H and O–H groups in total. The van der Waals surface area contributed by atoms with Gasteiger partial charge in [0.2, 0.25) is 11.8 Å². The molecule has 0 bridgehead atoms. The van der Waals surface area contributed by atoms with Crippen LogP contribution < -0.4 is 10.6 Å². The van der Waals surface area contributed by atoms with Crippen molar-refractivity contribution in [3.8, 4) is 0 Å². The third-order valence-electron chi connectivity index (χ3n) is 12.6. The van der Waals surface area contributed by atoms with Gasteiger partial charge in [0.15, 0.2) is 0 Å². The summed E-state index contributed by atoms with van der Waals surface area (Å²) in [7, 11) is 0. The number of unbranched alkanes of at least 4 members (excludes halogenated alkanes) is 28. The maximum absolute atomic E-state index is 12.8. The average molecular weight is 909 g/mol. The van der Waals surface area contributed by atoms with Gasteiger partial charge in [0.25, 0.3) is 0 Å². The maximum atomic E-state index is 12.8. The standard InChI is InChI=1S/C52H100N4O8/c1-5-9-13-17-21-25-29-33-37-55(38-34-30-26-22-18-14-10-6-2)41-43-61-51(59)63-45-47-49(57)54-48(50(58)53-47)46-64-52(60)62-44-42-56(39-35-31-27-23-19-15-11-7-3)40-36-32-28-24-20-16-12-8-4/h47-48H,5-46H2,1-4H3,(H,53,58)(H,54,57)/t47-,48-/m0/s1. The lowest BCUT2D eigenvalue weighted by Crippen LogP contribution is -2.64. The second-order valence-electron chi connectivity index (χ2n) is 18.5. The minimum absolute atomic E-state index is 0.197. The summed E-state index contributed by atoms with van der Waals surface area (Å²) in [4.78, 5) is 55.4. The Hall–Kier alpha value is -2.60. The molecule has 0 unspecified atom stereocenters. The van der Waals surface area contributed by atoms with Crippen molar-refractivity contribution in [2.45, 2.75) is 245 Å². The highest BCUT2D eigenvalue weighted by atomic mass is 16.7. The Labute approximate surface area is 392 Å². The molecule has 0 spiro atoms. The van der Waals surface area contributed by atoms with E-state index in [0.29, 0.717) is 13.1 Å². The molecular weight excluding hydrogens is 809 g/mol. The molecule has 2 amide bonds. The van der Waals surface area contributed by atoms with E-state index in [1.807, 2.05) is 0 Å². The molecule has 1 aliphatic rings. The van der Waals surface area contributed by atoms with E-state index in [4.69, 9.17) is 18.9 Å². The van der Waals surface area contributed by atoms with Gasteiger partial charge in [-0.1, -0.05) is 207 Å². The number of carbonyl (C=O) groups is 4. The molecule has 0 radical (unpaired) electrons. The van der Waals surface area contributed by atoms with Gasteiger partial charge in [-0.05, 0) is 51.9 Å². The highest BCUT2D eigenvalue weighted by Gasteiger charge is 2.35. The molecule has 376 valence electrons. The number of hydrogen-bond acceptors (Lipinski definition) is 10. The van der Waals surface area contributed by atoms with Crippen molar-refractivity contribution in [3.63, 3.8) is 0 Å². The van der Waals surface area contributed by atoms with Crippen LogP contribution in [0.25, 0.3) is 0 Å². The number of piperazine rings is 1. The first-order chi connectivity index (χ1) is 31.3. The summed E-state index contributed by atoms with van der Waals surface area (Å²) in [5.41, 5.74) is 0. The fourth-order valence-electron chi connectivity index (χ4n) is 8.36. The highest BCUT2D eigenvalue weighted by molar-refractivity contribution is 5.97. The number of hydrogen-bond donors (Lipinski definition) is 2. The Kier molecular flexibility index (Phi) is 41.1. The normalized spacial score (nSPS) is 15.1. The minimum atomic E-state index is -1.07. The Morgan fingerprint density at radius 3 is 0.844 bits per heavy atom. The van der Waals surface area contributed by atoms with Gasteiger partial charge in [-0.3, -0.25) is 19.4 Å². The summed E-state index contributed by atoms with van der Waals surface area (Å²) in [5, 5.41) is 5.15. The lowest BCUT2D eigenvalue weighted by atomic mass is 10.1. The first kappa shape index (κ1) is 59.4. The van der Waals surface area contributed by atoms with Gasteiger partial charge in [0, 0.05) is 13.1 Å². The molecule has 0 saturated carbocycles. The fourth-order valence-corrected chi connectivity index (χ4v) is 8.36. The predicted octanol–water partition coefficient (Wildman–Crippen LogP) is 12.4. The average Bonchev–Trinajstić information content (AvgIpc) is 3.29. The molecule has 1 heterocycles. The van der Waals surface area contributed by atoms with Crippen LogP contribution in [0.1, 0.15) is 233 Å². The van der Waals surface area contributed by atoms with Crippen LogP contribution in [0.4, 0.5) is 9.59 Å². The lowest BCUT2D eigenvalue weighted by molar-refractivity contribution is -0.139. The fraction of sp³-hybridized carbons (Fsp3) is 0.923. The van der Waals surface area contributed by atoms with E-state index < -0.39 is 36.2 Å². The van der Waals surface area contributed by atoms with E-state index in [1.165, 1.54) is 180 Å². The molecule has 1 saturated heterocycles. The van der Waals surface area contributed by atoms with Gasteiger partial charge in [0.1, 0.15) is 38.5 Å². The second kappa shape index (κ2) is 44.2. The summed E-state index contributed by atoms with van der Waals surface area (Å²) < 4.78 is 21.2. The quantitative estimate of drug-likeness (QED) is 0.0449. The van der Waals surface area contributed by atoms with Crippen LogP contribution in [0, 0.1) is 0 Å². The Bertz CT molecular complexity index is 989. The summed E-state index contributed by atoms with van der Waals surface area (Å²) in [5.74, 6) is -1.07. The predicted molar refractivity (Wildman–Crippen MR) is 262 cm³/mol. The largest absolute Gasteiger partial charge is 0.508 e. The Morgan fingerprint density at radius 1 is 0.359 bits per heavy atom. The van der Waals surface area contributed by atoms with E-state index in [1.54, 1.807) is 0 Å². The number of nitrogens with zero attached hydrogens (tertiary/aromatic N) is 2. The molecule has 1 rings (SSSR count). The van der Waals surface area contributed by atoms with E-state index >= 15 is 0 Å². The minimum Gasteiger partial charge on any atom is -0.433 e. The van der Waals surface area contributed by atoms with E-state index in [0.717, 1.165) is 51.9 Å². The van der Waals surface area contributed by atoms with Crippen LogP contribution in [0.2, 0.25) is 0 Å². The smallest absolute Gasteiger partial charge is 0.433 e. The number of rotatable bonds is 46. The third kappa shape index (κ3) is 35.6. The molecule has 1 fully saturated rings. The Balaban J connectivity index is 2.41. The first-order valence-electron chi connectivity index (χ1n) is 27.0. The van der Waals surface area contributed by atoms with Crippen LogP contribution in [0.5, 0.6) is 0 Å². The summed E-state index contributed by atoms with van der Waals surface area (Å²) in [6, 6.07) is -2.14. The van der Waals surface area contributed by atoms with Crippen molar-refractivity contribution in [2.24, 2.45) is 0 Å². The number of nitrogens with one attached hydrogen (secondary N) is 2. The van der Waals surface area contributed by atoms with Gasteiger partial charge >= 0.3 is 12.3 Å². The first-order valence-corrected chi connectivity index (χ1v) is 27.0. The van der Waals surface area contributed by atoms with Gasteiger partial charge in [-0.25, -0.2) is 9.59 Å². The van der Waals surface area contributed by atoms with Crippen LogP contribution in [0.15, 0.2) is 0 Å². The lowest BCUT2D eigenvalue weighted by Gasteiger charge is -2.28. The zero-order valence-electron chi connectivity index (χ0n) is 42.0. The molecule has 0 aromatic carbocycles. The van der Waals surface area contributed by atoms with Crippen molar-refractivity contribution in [3.05, 3.63) is 0 Å². The van der Waals surface area contributed by atoms with Crippen LogP contribution in [0.3, 0.4) is 0 Å². The second-order valence-corrected chi connectivity index (χ2v) is 18.5. The van der Waals surface area contributed by atoms with Crippen LogP contribution in [-0.2, 0) is 28.5 Å². The van der Waals surface area contributed by atoms with E-state index in [2.05, 4.69) is 48.1 Å². The molecule has 0 aromatic rings.